The monoisotopic (exact) mass is 357 g/mol. The van der Waals surface area contributed by atoms with Gasteiger partial charge in [-0.05, 0) is 29.1 Å². The van der Waals surface area contributed by atoms with E-state index in [1.165, 1.54) is 11.3 Å². The lowest BCUT2D eigenvalue weighted by molar-refractivity contribution is 0.0942. The second-order valence-corrected chi connectivity index (χ2v) is 6.78. The molecule has 0 aliphatic heterocycles. The topological polar surface area (TPSA) is 71.1 Å². The molecule has 0 saturated carbocycles. The lowest BCUT2D eigenvalue weighted by Crippen LogP contribution is -2.23. The van der Waals surface area contributed by atoms with E-state index < -0.39 is 0 Å². The van der Waals surface area contributed by atoms with Crippen LogP contribution in [0.1, 0.15) is 26.4 Å². The largest absolute Gasteiger partial charge is 0.355 e. The zero-order valence-corrected chi connectivity index (χ0v) is 14.5. The van der Waals surface area contributed by atoms with Crippen LogP contribution in [0.5, 0.6) is 0 Å². The molecule has 2 aromatic heterocycles. The number of benzene rings is 1. The number of thiazole rings is 1. The van der Waals surface area contributed by atoms with Gasteiger partial charge >= 0.3 is 0 Å². The minimum Gasteiger partial charge on any atom is -0.355 e. The summed E-state index contributed by atoms with van der Waals surface area (Å²) in [6.45, 7) is 0.388. The van der Waals surface area contributed by atoms with Crippen molar-refractivity contribution in [3.8, 4) is 9.88 Å². The van der Waals surface area contributed by atoms with E-state index >= 15 is 0 Å². The summed E-state index contributed by atoms with van der Waals surface area (Å²) >= 11 is 3.06. The first kappa shape index (κ1) is 16.4. The van der Waals surface area contributed by atoms with E-state index in [0.717, 1.165) is 15.4 Å². The number of thiophene rings is 1. The fraction of sp³-hybridized carbons (Fsp3) is 0.118. The van der Waals surface area contributed by atoms with Crippen molar-refractivity contribution >= 4 is 34.5 Å². The fourth-order valence-electron chi connectivity index (χ4n) is 2.08. The normalized spacial score (nSPS) is 10.4. The number of nitrogens with one attached hydrogen (secondary N) is 2. The summed E-state index contributed by atoms with van der Waals surface area (Å²) in [6, 6.07) is 11.1. The van der Waals surface area contributed by atoms with Crippen molar-refractivity contribution in [3.05, 3.63) is 64.0 Å². The Morgan fingerprint density at radius 3 is 2.54 bits per heavy atom. The smallest absolute Gasteiger partial charge is 0.271 e. The van der Waals surface area contributed by atoms with Crippen molar-refractivity contribution in [2.45, 2.75) is 6.54 Å². The Balaban J connectivity index is 1.60. The van der Waals surface area contributed by atoms with Crippen LogP contribution in [0.2, 0.25) is 0 Å². The SMILES string of the molecule is CNC(=O)c1ccc(CNC(=O)c2csc(-c3cccs3)n2)cc1. The number of rotatable bonds is 5. The van der Waals surface area contributed by atoms with Crippen LogP contribution in [0.4, 0.5) is 0 Å². The molecule has 24 heavy (non-hydrogen) atoms. The molecule has 122 valence electrons. The van der Waals surface area contributed by atoms with Gasteiger partial charge in [-0.2, -0.15) is 0 Å². The first-order valence-electron chi connectivity index (χ1n) is 7.26. The summed E-state index contributed by atoms with van der Waals surface area (Å²) in [5, 5.41) is 10.0. The highest BCUT2D eigenvalue weighted by atomic mass is 32.1. The molecule has 0 spiro atoms. The Bertz CT molecular complexity index is 839. The third-order valence-corrected chi connectivity index (χ3v) is 5.25. The maximum atomic E-state index is 12.2. The molecule has 0 unspecified atom stereocenters. The number of carbonyl (C=O) groups is 2. The quantitative estimate of drug-likeness (QED) is 0.737. The second-order valence-electron chi connectivity index (χ2n) is 4.97. The molecule has 2 N–H and O–H groups in total. The Kier molecular flexibility index (Phi) is 5.02. The average Bonchev–Trinajstić information content (AvgIpc) is 3.30. The Hall–Kier alpha value is -2.51. The molecule has 1 aromatic carbocycles. The van der Waals surface area contributed by atoms with Gasteiger partial charge in [0.1, 0.15) is 10.7 Å². The van der Waals surface area contributed by atoms with Crippen LogP contribution >= 0.6 is 22.7 Å². The van der Waals surface area contributed by atoms with Gasteiger partial charge in [0.2, 0.25) is 0 Å². The molecule has 7 heteroatoms. The van der Waals surface area contributed by atoms with E-state index in [4.69, 9.17) is 0 Å². The summed E-state index contributed by atoms with van der Waals surface area (Å²) in [5.41, 5.74) is 1.93. The minimum absolute atomic E-state index is 0.130. The fourth-order valence-corrected chi connectivity index (χ4v) is 3.70. The van der Waals surface area contributed by atoms with E-state index in [9.17, 15) is 9.59 Å². The van der Waals surface area contributed by atoms with Crippen molar-refractivity contribution in [2.75, 3.05) is 7.05 Å². The first-order valence-corrected chi connectivity index (χ1v) is 9.02. The molecule has 2 heterocycles. The molecule has 0 radical (unpaired) electrons. The highest BCUT2D eigenvalue weighted by molar-refractivity contribution is 7.20. The van der Waals surface area contributed by atoms with Crippen LogP contribution in [-0.4, -0.2) is 23.8 Å². The number of hydrogen-bond acceptors (Lipinski definition) is 5. The summed E-state index contributed by atoms with van der Waals surface area (Å²) in [4.78, 5) is 29.1. The van der Waals surface area contributed by atoms with Crippen molar-refractivity contribution in [1.82, 2.24) is 15.6 Å². The Labute approximate surface area is 147 Å². The van der Waals surface area contributed by atoms with E-state index in [0.29, 0.717) is 17.8 Å². The lowest BCUT2D eigenvalue weighted by Gasteiger charge is -2.05. The highest BCUT2D eigenvalue weighted by Crippen LogP contribution is 2.27. The van der Waals surface area contributed by atoms with Gasteiger partial charge in [-0.1, -0.05) is 18.2 Å². The van der Waals surface area contributed by atoms with Gasteiger partial charge in [-0.3, -0.25) is 9.59 Å². The average molecular weight is 357 g/mol. The van der Waals surface area contributed by atoms with Crippen LogP contribution in [0, 0.1) is 0 Å². The highest BCUT2D eigenvalue weighted by Gasteiger charge is 2.12. The van der Waals surface area contributed by atoms with E-state index in [1.54, 1.807) is 35.9 Å². The predicted octanol–water partition coefficient (Wildman–Crippen LogP) is 3.16. The van der Waals surface area contributed by atoms with Crippen molar-refractivity contribution in [1.29, 1.82) is 0 Å². The molecule has 0 atom stereocenters. The Morgan fingerprint density at radius 1 is 1.08 bits per heavy atom. The van der Waals surface area contributed by atoms with Crippen molar-refractivity contribution in [3.63, 3.8) is 0 Å². The second kappa shape index (κ2) is 7.37. The number of nitrogens with zero attached hydrogens (tertiary/aromatic N) is 1. The minimum atomic E-state index is -0.204. The summed E-state index contributed by atoms with van der Waals surface area (Å²) < 4.78 is 0. The van der Waals surface area contributed by atoms with Gasteiger partial charge < -0.3 is 10.6 Å². The number of carbonyl (C=O) groups excluding carboxylic acids is 2. The van der Waals surface area contributed by atoms with E-state index in [1.807, 2.05) is 29.6 Å². The van der Waals surface area contributed by atoms with Crippen LogP contribution in [0.3, 0.4) is 0 Å². The van der Waals surface area contributed by atoms with Crippen LogP contribution in [0.25, 0.3) is 9.88 Å². The number of hydrogen-bond donors (Lipinski definition) is 2. The third-order valence-electron chi connectivity index (χ3n) is 3.37. The Morgan fingerprint density at radius 2 is 1.88 bits per heavy atom. The van der Waals surface area contributed by atoms with Crippen molar-refractivity contribution in [2.24, 2.45) is 0 Å². The standard InChI is InChI=1S/C17H15N3O2S2/c1-18-15(21)12-6-4-11(5-7-12)9-19-16(22)13-10-24-17(20-13)14-3-2-8-23-14/h2-8,10H,9H2,1H3,(H,18,21)(H,19,22). The van der Waals surface area contributed by atoms with Gasteiger partial charge in [-0.25, -0.2) is 4.98 Å². The lowest BCUT2D eigenvalue weighted by atomic mass is 10.1. The van der Waals surface area contributed by atoms with Crippen molar-refractivity contribution < 1.29 is 9.59 Å². The van der Waals surface area contributed by atoms with Crippen LogP contribution < -0.4 is 10.6 Å². The molecule has 3 aromatic rings. The molecule has 5 nitrogen and oxygen atoms in total. The summed E-state index contributed by atoms with van der Waals surface area (Å²) in [7, 11) is 1.59. The zero-order chi connectivity index (χ0) is 16.9. The first-order chi connectivity index (χ1) is 11.7. The van der Waals surface area contributed by atoms with Crippen LogP contribution in [-0.2, 0) is 6.54 Å². The molecule has 0 aliphatic rings. The summed E-state index contributed by atoms with van der Waals surface area (Å²) in [5.74, 6) is -0.335. The molecule has 2 amide bonds. The van der Waals surface area contributed by atoms with Gasteiger partial charge in [-0.15, -0.1) is 22.7 Å². The number of amides is 2. The summed E-state index contributed by atoms with van der Waals surface area (Å²) in [6.07, 6.45) is 0. The zero-order valence-electron chi connectivity index (χ0n) is 12.9. The molecular weight excluding hydrogens is 342 g/mol. The molecule has 0 saturated heterocycles. The molecule has 0 fully saturated rings. The predicted molar refractivity (Wildman–Crippen MR) is 96.4 cm³/mol. The van der Waals surface area contributed by atoms with E-state index in [2.05, 4.69) is 15.6 Å². The molecule has 0 aliphatic carbocycles. The van der Waals surface area contributed by atoms with Gasteiger partial charge in [0.15, 0.2) is 0 Å². The van der Waals surface area contributed by atoms with Gasteiger partial charge in [0.25, 0.3) is 11.8 Å². The van der Waals surface area contributed by atoms with Crippen LogP contribution in [0.15, 0.2) is 47.2 Å². The molecule has 3 rings (SSSR count). The third kappa shape index (κ3) is 3.69. The number of aromatic nitrogens is 1. The van der Waals surface area contributed by atoms with Gasteiger partial charge in [0.05, 0.1) is 4.88 Å². The van der Waals surface area contributed by atoms with Gasteiger partial charge in [0, 0.05) is 24.5 Å². The molecular formula is C17H15N3O2S2. The van der Waals surface area contributed by atoms with E-state index in [-0.39, 0.29) is 11.8 Å². The molecule has 0 bridgehead atoms. The maximum absolute atomic E-state index is 12.2. The maximum Gasteiger partial charge on any atom is 0.271 e.